The van der Waals surface area contributed by atoms with Gasteiger partial charge in [0.2, 0.25) is 0 Å². The Morgan fingerprint density at radius 1 is 1.08 bits per heavy atom. The van der Waals surface area contributed by atoms with Crippen molar-refractivity contribution in [1.82, 2.24) is 4.72 Å². The molecule has 0 aromatic heterocycles. The van der Waals surface area contributed by atoms with E-state index < -0.39 is 11.0 Å². The van der Waals surface area contributed by atoms with Gasteiger partial charge < -0.3 is 9.84 Å². The highest BCUT2D eigenvalue weighted by Crippen LogP contribution is 2.25. The van der Waals surface area contributed by atoms with Gasteiger partial charge in [0.25, 0.3) is 0 Å². The van der Waals surface area contributed by atoms with E-state index in [9.17, 15) is 9.32 Å². The van der Waals surface area contributed by atoms with Crippen molar-refractivity contribution in [3.05, 3.63) is 65.2 Å². The van der Waals surface area contributed by atoms with Crippen LogP contribution in [0.3, 0.4) is 0 Å². The lowest BCUT2D eigenvalue weighted by atomic mass is 9.96. The molecule has 0 aliphatic carbocycles. The number of aliphatic hydroxyl groups excluding tert-OH is 1. The Bertz CT molecular complexity index is 708. The van der Waals surface area contributed by atoms with Crippen LogP contribution in [-0.2, 0) is 24.0 Å². The third-order valence-corrected chi connectivity index (χ3v) is 5.65. The maximum atomic E-state index is 12.6. The number of aliphatic hydroxyl groups is 1. The summed E-state index contributed by atoms with van der Waals surface area (Å²) in [7, 11) is 0.435. The highest BCUT2D eigenvalue weighted by molar-refractivity contribution is 7.84. The summed E-state index contributed by atoms with van der Waals surface area (Å²) in [6.45, 7) is 5.84. The second kappa shape index (κ2) is 8.61. The van der Waals surface area contributed by atoms with E-state index in [0.717, 1.165) is 22.4 Å². The second-order valence-electron chi connectivity index (χ2n) is 6.96. The summed E-state index contributed by atoms with van der Waals surface area (Å²) in [6, 6.07) is 15.4. The van der Waals surface area contributed by atoms with Crippen LogP contribution < -0.4 is 9.46 Å². The molecule has 0 amide bonds. The van der Waals surface area contributed by atoms with Gasteiger partial charge in [-0.1, -0.05) is 36.4 Å². The molecule has 0 spiro atoms. The van der Waals surface area contributed by atoms with Crippen LogP contribution in [0.1, 0.15) is 43.5 Å². The zero-order valence-electron chi connectivity index (χ0n) is 15.3. The first-order chi connectivity index (χ1) is 11.8. The first-order valence-corrected chi connectivity index (χ1v) is 9.49. The Balaban J connectivity index is 2.32. The summed E-state index contributed by atoms with van der Waals surface area (Å²) in [5, 5.41) is 9.58. The minimum Gasteiger partial charge on any atom is -0.497 e. The summed E-state index contributed by atoms with van der Waals surface area (Å²) in [6.07, 6.45) is 0.644. The van der Waals surface area contributed by atoms with Crippen molar-refractivity contribution in [2.45, 2.75) is 44.6 Å². The Morgan fingerprint density at radius 3 is 2.20 bits per heavy atom. The van der Waals surface area contributed by atoms with Gasteiger partial charge in [-0.25, -0.2) is 8.93 Å². The third kappa shape index (κ3) is 5.39. The number of ether oxygens (including phenoxy) is 1. The Hall–Kier alpha value is -1.69. The SMILES string of the molecule is COc1ccc([C@@H](Cc2ccccc2CO)NS(=O)C(C)(C)C)cc1. The molecule has 2 aromatic carbocycles. The minimum absolute atomic E-state index is 0.00609. The molecule has 2 atom stereocenters. The van der Waals surface area contributed by atoms with Crippen LogP contribution in [0.25, 0.3) is 0 Å². The van der Waals surface area contributed by atoms with Crippen LogP contribution in [0.15, 0.2) is 48.5 Å². The molecule has 2 rings (SSSR count). The molecule has 0 bridgehead atoms. The molecular weight excluding hydrogens is 334 g/mol. The topological polar surface area (TPSA) is 58.6 Å². The highest BCUT2D eigenvalue weighted by Gasteiger charge is 2.24. The first-order valence-electron chi connectivity index (χ1n) is 8.34. The number of rotatable bonds is 7. The molecular formula is C20H27NO3S. The summed E-state index contributed by atoms with van der Waals surface area (Å²) in [4.78, 5) is 0. The van der Waals surface area contributed by atoms with Gasteiger partial charge in [-0.3, -0.25) is 0 Å². The van der Waals surface area contributed by atoms with Crippen LogP contribution >= 0.6 is 0 Å². The molecule has 0 saturated heterocycles. The highest BCUT2D eigenvalue weighted by atomic mass is 32.2. The normalized spacial score (nSPS) is 14.1. The van der Waals surface area contributed by atoms with Crippen molar-refractivity contribution in [3.63, 3.8) is 0 Å². The fourth-order valence-electron chi connectivity index (χ4n) is 2.50. The lowest BCUT2D eigenvalue weighted by molar-refractivity contribution is 0.280. The fraction of sp³-hybridized carbons (Fsp3) is 0.400. The van der Waals surface area contributed by atoms with Crippen LogP contribution in [0, 0.1) is 0 Å². The van der Waals surface area contributed by atoms with E-state index in [4.69, 9.17) is 4.74 Å². The maximum absolute atomic E-state index is 12.6. The minimum atomic E-state index is -1.20. The molecule has 136 valence electrons. The van der Waals surface area contributed by atoms with Crippen molar-refractivity contribution >= 4 is 11.0 Å². The maximum Gasteiger partial charge on any atom is 0.118 e. The second-order valence-corrected chi connectivity index (χ2v) is 8.95. The van der Waals surface area contributed by atoms with Crippen LogP contribution in [0.5, 0.6) is 5.75 Å². The quantitative estimate of drug-likeness (QED) is 0.793. The van der Waals surface area contributed by atoms with E-state index in [2.05, 4.69) is 4.72 Å². The van der Waals surface area contributed by atoms with E-state index in [1.54, 1.807) is 7.11 Å². The van der Waals surface area contributed by atoms with Crippen LogP contribution in [-0.4, -0.2) is 21.2 Å². The average molecular weight is 362 g/mol. The number of nitrogens with one attached hydrogen (secondary N) is 1. The monoisotopic (exact) mass is 361 g/mol. The predicted molar refractivity (Wildman–Crippen MR) is 103 cm³/mol. The predicted octanol–water partition coefficient (Wildman–Crippen LogP) is 3.52. The Labute approximate surface area is 152 Å². The molecule has 2 N–H and O–H groups in total. The number of hydrogen-bond donors (Lipinski definition) is 2. The molecule has 0 saturated carbocycles. The Morgan fingerprint density at radius 2 is 1.68 bits per heavy atom. The first kappa shape index (κ1) is 19.6. The Kier molecular flexibility index (Phi) is 6.76. The molecule has 0 radical (unpaired) electrons. The largest absolute Gasteiger partial charge is 0.497 e. The zero-order chi connectivity index (χ0) is 18.4. The summed E-state index contributed by atoms with van der Waals surface area (Å²) in [5.74, 6) is 0.787. The van der Waals surface area contributed by atoms with E-state index in [1.165, 1.54) is 0 Å². The number of hydrogen-bond acceptors (Lipinski definition) is 3. The molecule has 0 fully saturated rings. The molecule has 1 unspecified atom stereocenters. The molecule has 25 heavy (non-hydrogen) atoms. The van der Waals surface area contributed by atoms with Gasteiger partial charge in [0.1, 0.15) is 5.75 Å². The van der Waals surface area contributed by atoms with E-state index in [0.29, 0.717) is 6.42 Å². The van der Waals surface area contributed by atoms with Crippen molar-refractivity contribution in [2.24, 2.45) is 0 Å². The smallest absolute Gasteiger partial charge is 0.118 e. The van der Waals surface area contributed by atoms with Gasteiger partial charge in [-0.2, -0.15) is 0 Å². The summed E-state index contributed by atoms with van der Waals surface area (Å²) < 4.78 is 20.8. The fourth-order valence-corrected chi connectivity index (χ4v) is 3.33. The van der Waals surface area contributed by atoms with E-state index in [-0.39, 0.29) is 17.4 Å². The molecule has 5 heteroatoms. The zero-order valence-corrected chi connectivity index (χ0v) is 16.1. The van der Waals surface area contributed by atoms with Gasteiger partial charge >= 0.3 is 0 Å². The molecule has 0 aliphatic rings. The van der Waals surface area contributed by atoms with Crippen molar-refractivity contribution in [3.8, 4) is 5.75 Å². The summed E-state index contributed by atoms with van der Waals surface area (Å²) in [5.41, 5.74) is 2.97. The summed E-state index contributed by atoms with van der Waals surface area (Å²) >= 11 is 0. The molecule has 4 nitrogen and oxygen atoms in total. The van der Waals surface area contributed by atoms with Gasteiger partial charge in [0, 0.05) is 6.04 Å². The van der Waals surface area contributed by atoms with E-state index >= 15 is 0 Å². The van der Waals surface area contributed by atoms with E-state index in [1.807, 2.05) is 69.3 Å². The third-order valence-electron chi connectivity index (χ3n) is 4.04. The van der Waals surface area contributed by atoms with Gasteiger partial charge in [0.15, 0.2) is 0 Å². The molecule has 2 aromatic rings. The molecule has 0 heterocycles. The van der Waals surface area contributed by atoms with Gasteiger partial charge in [0.05, 0.1) is 29.4 Å². The van der Waals surface area contributed by atoms with Crippen molar-refractivity contribution in [2.75, 3.05) is 7.11 Å². The van der Waals surface area contributed by atoms with Crippen LogP contribution in [0.2, 0.25) is 0 Å². The average Bonchev–Trinajstić information content (AvgIpc) is 2.60. The van der Waals surface area contributed by atoms with Gasteiger partial charge in [-0.05, 0) is 56.0 Å². The molecule has 0 aliphatic heterocycles. The van der Waals surface area contributed by atoms with Crippen molar-refractivity contribution < 1.29 is 14.1 Å². The lowest BCUT2D eigenvalue weighted by Crippen LogP contribution is -2.36. The standard InChI is InChI=1S/C20H27NO3S/c1-20(2,3)25(23)21-19(15-9-11-18(24-4)12-10-15)13-16-7-5-6-8-17(16)14-22/h5-12,19,21-22H,13-14H2,1-4H3/t19-,25?/m1/s1. The number of benzene rings is 2. The van der Waals surface area contributed by atoms with Crippen molar-refractivity contribution in [1.29, 1.82) is 0 Å². The van der Waals surface area contributed by atoms with Gasteiger partial charge in [-0.15, -0.1) is 0 Å². The van der Waals surface area contributed by atoms with Crippen LogP contribution in [0.4, 0.5) is 0 Å². The number of methoxy groups -OCH3 is 1. The lowest BCUT2D eigenvalue weighted by Gasteiger charge is -2.25.